The molecule has 1 amide bonds. The molecule has 1 heterocycles. The van der Waals surface area contributed by atoms with E-state index < -0.39 is 0 Å². The molecule has 0 radical (unpaired) electrons. The lowest BCUT2D eigenvalue weighted by Crippen LogP contribution is -2.45. The molecule has 2 N–H and O–H groups in total. The predicted octanol–water partition coefficient (Wildman–Crippen LogP) is -0.486. The summed E-state index contributed by atoms with van der Waals surface area (Å²) in [5.41, 5.74) is 0. The second-order valence-corrected chi connectivity index (χ2v) is 3.92. The van der Waals surface area contributed by atoms with Gasteiger partial charge in [0.05, 0.1) is 18.8 Å². The molecule has 5 heteroatoms. The van der Waals surface area contributed by atoms with Crippen molar-refractivity contribution in [2.45, 2.75) is 31.5 Å². The van der Waals surface area contributed by atoms with Crippen LogP contribution in [0.25, 0.3) is 0 Å². The predicted molar refractivity (Wildman–Crippen MR) is 56.7 cm³/mol. The van der Waals surface area contributed by atoms with Crippen LogP contribution in [-0.2, 0) is 14.3 Å². The lowest BCUT2D eigenvalue weighted by atomic mass is 10.2. The van der Waals surface area contributed by atoms with Gasteiger partial charge in [0.25, 0.3) is 0 Å². The molecular weight excluding hydrogens is 196 g/mol. The summed E-state index contributed by atoms with van der Waals surface area (Å²) >= 11 is 0. The molecule has 1 aliphatic heterocycles. The minimum Gasteiger partial charge on any atom is -0.383 e. The molecule has 0 aromatic carbocycles. The van der Waals surface area contributed by atoms with Gasteiger partial charge in [-0.15, -0.1) is 0 Å². The van der Waals surface area contributed by atoms with E-state index in [0.29, 0.717) is 6.61 Å². The van der Waals surface area contributed by atoms with Crippen molar-refractivity contribution in [3.63, 3.8) is 0 Å². The summed E-state index contributed by atoms with van der Waals surface area (Å²) in [5, 5.41) is 6.01. The first-order chi connectivity index (χ1) is 7.17. The van der Waals surface area contributed by atoms with E-state index in [1.54, 1.807) is 14.2 Å². The van der Waals surface area contributed by atoms with Crippen LogP contribution < -0.4 is 10.6 Å². The standard InChI is InChI=1S/C10H20N2O3/c1-7(6-14-2)12-10(13)9-4-8(15-3)5-11-9/h7-9,11H,4-6H2,1-3H3,(H,12,13). The van der Waals surface area contributed by atoms with Crippen LogP contribution in [0.1, 0.15) is 13.3 Å². The molecular formula is C10H20N2O3. The quantitative estimate of drug-likeness (QED) is 0.651. The van der Waals surface area contributed by atoms with Gasteiger partial charge < -0.3 is 20.1 Å². The molecule has 1 rings (SSSR count). The van der Waals surface area contributed by atoms with Crippen LogP contribution in [0.15, 0.2) is 0 Å². The topological polar surface area (TPSA) is 59.6 Å². The molecule has 15 heavy (non-hydrogen) atoms. The van der Waals surface area contributed by atoms with Gasteiger partial charge in [0, 0.05) is 26.8 Å². The Kier molecular flexibility index (Phi) is 5.01. The first-order valence-corrected chi connectivity index (χ1v) is 5.22. The zero-order chi connectivity index (χ0) is 11.3. The Bertz CT molecular complexity index is 211. The van der Waals surface area contributed by atoms with Gasteiger partial charge in [-0.3, -0.25) is 4.79 Å². The van der Waals surface area contributed by atoms with E-state index in [9.17, 15) is 4.79 Å². The zero-order valence-electron chi connectivity index (χ0n) is 9.58. The maximum atomic E-state index is 11.7. The van der Waals surface area contributed by atoms with Gasteiger partial charge in [-0.05, 0) is 13.3 Å². The maximum absolute atomic E-state index is 11.7. The van der Waals surface area contributed by atoms with E-state index in [2.05, 4.69) is 10.6 Å². The number of ether oxygens (including phenoxy) is 2. The van der Waals surface area contributed by atoms with Gasteiger partial charge in [0.1, 0.15) is 0 Å². The number of rotatable bonds is 5. The third-order valence-corrected chi connectivity index (χ3v) is 2.55. The molecule has 0 aromatic heterocycles. The van der Waals surface area contributed by atoms with Gasteiger partial charge in [-0.2, -0.15) is 0 Å². The third-order valence-electron chi connectivity index (χ3n) is 2.55. The van der Waals surface area contributed by atoms with E-state index in [-0.39, 0.29) is 24.1 Å². The molecule has 1 aliphatic rings. The highest BCUT2D eigenvalue weighted by Crippen LogP contribution is 2.09. The van der Waals surface area contributed by atoms with E-state index in [4.69, 9.17) is 9.47 Å². The lowest BCUT2D eigenvalue weighted by Gasteiger charge is -2.16. The monoisotopic (exact) mass is 216 g/mol. The second kappa shape index (κ2) is 6.05. The van der Waals surface area contributed by atoms with Crippen LogP contribution >= 0.6 is 0 Å². The summed E-state index contributed by atoms with van der Waals surface area (Å²) in [7, 11) is 3.29. The smallest absolute Gasteiger partial charge is 0.237 e. The highest BCUT2D eigenvalue weighted by atomic mass is 16.5. The summed E-state index contributed by atoms with van der Waals surface area (Å²) in [6.45, 7) is 3.20. The number of carbonyl (C=O) groups is 1. The number of methoxy groups -OCH3 is 2. The Balaban J connectivity index is 2.29. The number of nitrogens with one attached hydrogen (secondary N) is 2. The number of amides is 1. The van der Waals surface area contributed by atoms with Crippen LogP contribution in [0.4, 0.5) is 0 Å². The minimum absolute atomic E-state index is 0.0269. The Hall–Kier alpha value is -0.650. The molecule has 88 valence electrons. The first-order valence-electron chi connectivity index (χ1n) is 5.22. The summed E-state index contributed by atoms with van der Waals surface area (Å²) in [4.78, 5) is 11.7. The molecule has 0 aromatic rings. The zero-order valence-corrected chi connectivity index (χ0v) is 9.58. The molecule has 5 nitrogen and oxygen atoms in total. The first kappa shape index (κ1) is 12.4. The van der Waals surface area contributed by atoms with Crippen molar-refractivity contribution in [2.75, 3.05) is 27.4 Å². The molecule has 0 saturated carbocycles. The summed E-state index contributed by atoms with van der Waals surface area (Å²) < 4.78 is 10.1. The molecule has 1 fully saturated rings. The Labute approximate surface area is 90.5 Å². The van der Waals surface area contributed by atoms with Crippen molar-refractivity contribution in [2.24, 2.45) is 0 Å². The molecule has 3 atom stereocenters. The van der Waals surface area contributed by atoms with E-state index in [1.165, 1.54) is 0 Å². The largest absolute Gasteiger partial charge is 0.383 e. The van der Waals surface area contributed by atoms with Gasteiger partial charge in [0.15, 0.2) is 0 Å². The number of hydrogen-bond donors (Lipinski definition) is 2. The highest BCUT2D eigenvalue weighted by Gasteiger charge is 2.29. The Morgan fingerprint density at radius 1 is 1.60 bits per heavy atom. The second-order valence-electron chi connectivity index (χ2n) is 3.92. The summed E-state index contributed by atoms with van der Waals surface area (Å²) in [5.74, 6) is 0.0269. The Morgan fingerprint density at radius 3 is 2.87 bits per heavy atom. The van der Waals surface area contributed by atoms with Gasteiger partial charge >= 0.3 is 0 Å². The maximum Gasteiger partial charge on any atom is 0.237 e. The van der Waals surface area contributed by atoms with Crippen molar-refractivity contribution in [3.8, 4) is 0 Å². The molecule has 1 saturated heterocycles. The minimum atomic E-state index is -0.130. The van der Waals surface area contributed by atoms with Crippen molar-refractivity contribution in [3.05, 3.63) is 0 Å². The van der Waals surface area contributed by atoms with Crippen molar-refractivity contribution in [1.29, 1.82) is 0 Å². The molecule has 0 aliphatic carbocycles. The number of hydrogen-bond acceptors (Lipinski definition) is 4. The summed E-state index contributed by atoms with van der Waals surface area (Å²) in [6, 6.07) is -0.0832. The van der Waals surface area contributed by atoms with Crippen molar-refractivity contribution < 1.29 is 14.3 Å². The van der Waals surface area contributed by atoms with Crippen LogP contribution in [0.2, 0.25) is 0 Å². The molecule has 3 unspecified atom stereocenters. The van der Waals surface area contributed by atoms with Gasteiger partial charge in [0.2, 0.25) is 5.91 Å². The fourth-order valence-electron chi connectivity index (χ4n) is 1.72. The average Bonchev–Trinajstić information content (AvgIpc) is 2.66. The van der Waals surface area contributed by atoms with Gasteiger partial charge in [-0.25, -0.2) is 0 Å². The number of carbonyl (C=O) groups excluding carboxylic acids is 1. The van der Waals surface area contributed by atoms with Crippen molar-refractivity contribution >= 4 is 5.91 Å². The third kappa shape index (κ3) is 3.77. The highest BCUT2D eigenvalue weighted by molar-refractivity contribution is 5.82. The van der Waals surface area contributed by atoms with E-state index >= 15 is 0 Å². The molecule has 0 bridgehead atoms. The van der Waals surface area contributed by atoms with Crippen LogP contribution in [-0.4, -0.2) is 51.5 Å². The van der Waals surface area contributed by atoms with Gasteiger partial charge in [-0.1, -0.05) is 0 Å². The molecule has 0 spiro atoms. The average molecular weight is 216 g/mol. The lowest BCUT2D eigenvalue weighted by molar-refractivity contribution is -0.123. The van der Waals surface area contributed by atoms with E-state index in [0.717, 1.165) is 13.0 Å². The normalized spacial score (nSPS) is 27.7. The van der Waals surface area contributed by atoms with Crippen LogP contribution in [0.5, 0.6) is 0 Å². The van der Waals surface area contributed by atoms with E-state index in [1.807, 2.05) is 6.92 Å². The fraction of sp³-hybridized carbons (Fsp3) is 0.900. The fourth-order valence-corrected chi connectivity index (χ4v) is 1.72. The van der Waals surface area contributed by atoms with Crippen LogP contribution in [0, 0.1) is 0 Å². The Morgan fingerprint density at radius 2 is 2.33 bits per heavy atom. The summed E-state index contributed by atoms with van der Waals surface area (Å²) in [6.07, 6.45) is 0.890. The van der Waals surface area contributed by atoms with Crippen molar-refractivity contribution in [1.82, 2.24) is 10.6 Å². The van der Waals surface area contributed by atoms with Crippen LogP contribution in [0.3, 0.4) is 0 Å². The SMILES string of the molecule is COCC(C)NC(=O)C1CC(OC)CN1.